The van der Waals surface area contributed by atoms with Crippen LogP contribution in [-0.4, -0.2) is 42.1 Å². The van der Waals surface area contributed by atoms with Crippen molar-refractivity contribution in [1.82, 2.24) is 4.90 Å². The molecule has 1 unspecified atom stereocenters. The highest BCUT2D eigenvalue weighted by atomic mass is 16.5. The third kappa shape index (κ3) is 3.23. The Hall–Kier alpha value is -2.04. The number of carbonyl (C=O) groups excluding carboxylic acids is 1. The first-order chi connectivity index (χ1) is 8.47. The lowest BCUT2D eigenvalue weighted by Crippen LogP contribution is -2.41. The van der Waals surface area contributed by atoms with E-state index >= 15 is 0 Å². The summed E-state index contributed by atoms with van der Waals surface area (Å²) in [4.78, 5) is 24.0. The van der Waals surface area contributed by atoms with E-state index in [-0.39, 0.29) is 12.3 Å². The average molecular weight is 251 g/mol. The zero-order valence-electron chi connectivity index (χ0n) is 10.7. The molecule has 98 valence electrons. The van der Waals surface area contributed by atoms with Crippen molar-refractivity contribution in [2.24, 2.45) is 0 Å². The van der Waals surface area contributed by atoms with Crippen molar-refractivity contribution >= 4 is 11.9 Å². The summed E-state index contributed by atoms with van der Waals surface area (Å²) in [5.74, 6) is -0.650. The van der Waals surface area contributed by atoms with Crippen LogP contribution in [-0.2, 0) is 16.0 Å². The molecule has 0 aliphatic heterocycles. The van der Waals surface area contributed by atoms with E-state index in [0.717, 1.165) is 5.56 Å². The van der Waals surface area contributed by atoms with Crippen molar-refractivity contribution < 1.29 is 19.4 Å². The van der Waals surface area contributed by atoms with Gasteiger partial charge in [-0.25, -0.2) is 4.79 Å². The number of aliphatic carboxylic acids is 1. The fourth-order valence-electron chi connectivity index (χ4n) is 1.52. The highest BCUT2D eigenvalue weighted by molar-refractivity contribution is 5.84. The number of methoxy groups -OCH3 is 1. The number of carboxylic acid groups (broad SMARTS) is 1. The van der Waals surface area contributed by atoms with Crippen LogP contribution in [0.3, 0.4) is 0 Å². The predicted octanol–water partition coefficient (Wildman–Crippen LogP) is 1.17. The molecule has 1 aromatic rings. The smallest absolute Gasteiger partial charge is 0.326 e. The van der Waals surface area contributed by atoms with Crippen molar-refractivity contribution in [3.05, 3.63) is 29.8 Å². The fraction of sp³-hybridized carbons (Fsp3) is 0.385. The number of ether oxygens (including phenoxy) is 1. The second-order valence-corrected chi connectivity index (χ2v) is 4.01. The van der Waals surface area contributed by atoms with Gasteiger partial charge in [0.1, 0.15) is 11.8 Å². The monoisotopic (exact) mass is 251 g/mol. The van der Waals surface area contributed by atoms with Gasteiger partial charge in [-0.2, -0.15) is 0 Å². The lowest BCUT2D eigenvalue weighted by atomic mass is 10.1. The Morgan fingerprint density at radius 1 is 1.39 bits per heavy atom. The maximum absolute atomic E-state index is 11.9. The van der Waals surface area contributed by atoms with Gasteiger partial charge in [0.05, 0.1) is 13.5 Å². The van der Waals surface area contributed by atoms with Gasteiger partial charge in [0.2, 0.25) is 5.91 Å². The quantitative estimate of drug-likeness (QED) is 0.853. The summed E-state index contributed by atoms with van der Waals surface area (Å²) in [5.41, 5.74) is 0.745. The van der Waals surface area contributed by atoms with E-state index in [1.54, 1.807) is 12.1 Å². The second-order valence-electron chi connectivity index (χ2n) is 4.01. The molecule has 0 bridgehead atoms. The lowest BCUT2D eigenvalue weighted by molar-refractivity contribution is -0.148. The third-order valence-electron chi connectivity index (χ3n) is 2.87. The molecule has 0 heterocycles. The standard InChI is InChI=1S/C13H17NO4/c1-9(13(16)17)14(2)12(15)8-10-6-4-5-7-11(10)18-3/h4-7,9H,8H2,1-3H3,(H,16,17). The molecule has 0 spiro atoms. The van der Waals surface area contributed by atoms with Crippen molar-refractivity contribution in [1.29, 1.82) is 0 Å². The van der Waals surface area contributed by atoms with Crippen LogP contribution in [0.15, 0.2) is 24.3 Å². The Labute approximate surface area is 106 Å². The number of rotatable bonds is 5. The maximum Gasteiger partial charge on any atom is 0.326 e. The van der Waals surface area contributed by atoms with E-state index in [9.17, 15) is 9.59 Å². The summed E-state index contributed by atoms with van der Waals surface area (Å²) in [7, 11) is 3.02. The molecule has 0 saturated carbocycles. The molecule has 0 radical (unpaired) electrons. The zero-order valence-corrected chi connectivity index (χ0v) is 10.7. The first-order valence-electron chi connectivity index (χ1n) is 5.57. The summed E-state index contributed by atoms with van der Waals surface area (Å²) >= 11 is 0. The summed E-state index contributed by atoms with van der Waals surface area (Å²) in [6.45, 7) is 1.47. The van der Waals surface area contributed by atoms with Crippen molar-refractivity contribution in [3.63, 3.8) is 0 Å². The van der Waals surface area contributed by atoms with Crippen LogP contribution in [0.25, 0.3) is 0 Å². The van der Waals surface area contributed by atoms with Gasteiger partial charge < -0.3 is 14.7 Å². The molecule has 1 atom stereocenters. The highest BCUT2D eigenvalue weighted by Gasteiger charge is 2.22. The molecule has 5 nitrogen and oxygen atoms in total. The Balaban J connectivity index is 2.78. The summed E-state index contributed by atoms with van der Waals surface area (Å²) in [5, 5.41) is 8.85. The molecule has 0 saturated heterocycles. The van der Waals surface area contributed by atoms with E-state index in [0.29, 0.717) is 5.75 Å². The van der Waals surface area contributed by atoms with Crippen molar-refractivity contribution in [2.75, 3.05) is 14.2 Å². The molecule has 0 aromatic heterocycles. The van der Waals surface area contributed by atoms with Crippen LogP contribution < -0.4 is 4.74 Å². The number of para-hydroxylation sites is 1. The largest absolute Gasteiger partial charge is 0.496 e. The van der Waals surface area contributed by atoms with Gasteiger partial charge in [0, 0.05) is 12.6 Å². The summed E-state index contributed by atoms with van der Waals surface area (Å²) < 4.78 is 5.15. The molecule has 1 rings (SSSR count). The van der Waals surface area contributed by atoms with E-state index in [2.05, 4.69) is 0 Å². The fourth-order valence-corrected chi connectivity index (χ4v) is 1.52. The number of carbonyl (C=O) groups is 2. The number of hydrogen-bond donors (Lipinski definition) is 1. The Morgan fingerprint density at radius 3 is 2.56 bits per heavy atom. The van der Waals surface area contributed by atoms with Gasteiger partial charge in [-0.05, 0) is 13.0 Å². The van der Waals surface area contributed by atoms with E-state index in [4.69, 9.17) is 9.84 Å². The second kappa shape index (κ2) is 6.05. The Morgan fingerprint density at radius 2 is 2.00 bits per heavy atom. The number of likely N-dealkylation sites (N-methyl/N-ethyl adjacent to an activating group) is 1. The van der Waals surface area contributed by atoms with E-state index in [1.807, 2.05) is 12.1 Å². The first kappa shape index (κ1) is 14.0. The van der Waals surface area contributed by atoms with Gasteiger partial charge in [0.25, 0.3) is 0 Å². The van der Waals surface area contributed by atoms with Gasteiger partial charge in [-0.15, -0.1) is 0 Å². The first-order valence-corrected chi connectivity index (χ1v) is 5.57. The van der Waals surface area contributed by atoms with Crippen LogP contribution in [0.1, 0.15) is 12.5 Å². The number of carboxylic acids is 1. The van der Waals surface area contributed by atoms with Crippen LogP contribution in [0, 0.1) is 0 Å². The van der Waals surface area contributed by atoms with Crippen LogP contribution >= 0.6 is 0 Å². The molecule has 0 fully saturated rings. The number of hydrogen-bond acceptors (Lipinski definition) is 3. The summed E-state index contributed by atoms with van der Waals surface area (Å²) in [6.07, 6.45) is 0.123. The minimum atomic E-state index is -1.02. The molecule has 5 heteroatoms. The average Bonchev–Trinajstić information content (AvgIpc) is 2.37. The van der Waals surface area contributed by atoms with Gasteiger partial charge >= 0.3 is 5.97 Å². The van der Waals surface area contributed by atoms with Crippen molar-refractivity contribution in [2.45, 2.75) is 19.4 Å². The SMILES string of the molecule is COc1ccccc1CC(=O)N(C)C(C)C(=O)O. The zero-order chi connectivity index (χ0) is 13.7. The summed E-state index contributed by atoms with van der Waals surface area (Å²) in [6, 6.07) is 6.34. The predicted molar refractivity (Wildman–Crippen MR) is 66.6 cm³/mol. The van der Waals surface area contributed by atoms with E-state index < -0.39 is 12.0 Å². The van der Waals surface area contributed by atoms with Gasteiger partial charge in [-0.3, -0.25) is 4.79 Å². The van der Waals surface area contributed by atoms with Crippen LogP contribution in [0.5, 0.6) is 5.75 Å². The molecule has 18 heavy (non-hydrogen) atoms. The molecule has 1 aromatic carbocycles. The van der Waals surface area contributed by atoms with Crippen LogP contribution in [0.4, 0.5) is 0 Å². The molecular formula is C13H17NO4. The Bertz CT molecular complexity index is 444. The van der Waals surface area contributed by atoms with Crippen LogP contribution in [0.2, 0.25) is 0 Å². The Kier molecular flexibility index (Phi) is 4.71. The maximum atomic E-state index is 11.9. The number of nitrogens with zero attached hydrogens (tertiary/aromatic N) is 1. The number of benzene rings is 1. The molecule has 0 aliphatic rings. The van der Waals surface area contributed by atoms with Crippen molar-refractivity contribution in [3.8, 4) is 5.75 Å². The molecular weight excluding hydrogens is 234 g/mol. The molecule has 1 amide bonds. The van der Waals surface area contributed by atoms with Gasteiger partial charge in [-0.1, -0.05) is 18.2 Å². The topological polar surface area (TPSA) is 66.8 Å². The third-order valence-corrected chi connectivity index (χ3v) is 2.87. The van der Waals surface area contributed by atoms with E-state index in [1.165, 1.54) is 26.0 Å². The lowest BCUT2D eigenvalue weighted by Gasteiger charge is -2.21. The minimum Gasteiger partial charge on any atom is -0.496 e. The normalized spacial score (nSPS) is 11.7. The van der Waals surface area contributed by atoms with Gasteiger partial charge in [0.15, 0.2) is 0 Å². The highest BCUT2D eigenvalue weighted by Crippen LogP contribution is 2.18. The number of amides is 1. The molecule has 1 N–H and O–H groups in total. The molecule has 0 aliphatic carbocycles. The minimum absolute atomic E-state index is 0.123.